The van der Waals surface area contributed by atoms with Gasteiger partial charge in [-0.05, 0) is 31.9 Å². The lowest BCUT2D eigenvalue weighted by Gasteiger charge is -2.09. The van der Waals surface area contributed by atoms with Crippen molar-refractivity contribution in [1.29, 1.82) is 0 Å². The Bertz CT molecular complexity index is 596. The van der Waals surface area contributed by atoms with Crippen molar-refractivity contribution in [3.63, 3.8) is 0 Å². The van der Waals surface area contributed by atoms with E-state index in [1.54, 1.807) is 4.68 Å². The monoisotopic (exact) mass is 275 g/mol. The number of carbonyl (C=O) groups excluding carboxylic acids is 1. The number of aryl methyl sites for hydroxylation is 4. The molecule has 0 fully saturated rings. The summed E-state index contributed by atoms with van der Waals surface area (Å²) in [4.78, 5) is 16.4. The molecule has 0 bridgehead atoms. The Morgan fingerprint density at radius 1 is 1.26 bits per heavy atom. The second-order valence-corrected chi connectivity index (χ2v) is 5.59. The fraction of sp³-hybridized carbons (Fsp3) is 0.357. The number of rotatable bonds is 4. The summed E-state index contributed by atoms with van der Waals surface area (Å²) in [5, 5.41) is 4.75. The third kappa shape index (κ3) is 3.04. The lowest BCUT2D eigenvalue weighted by molar-refractivity contribution is 0.102. The molecule has 2 rings (SSSR count). The van der Waals surface area contributed by atoms with Crippen LogP contribution in [0.1, 0.15) is 27.0 Å². The highest BCUT2D eigenvalue weighted by Gasteiger charge is 2.14. The maximum atomic E-state index is 12.3. The highest BCUT2D eigenvalue weighted by Crippen LogP contribution is 2.21. The molecule has 1 aromatic heterocycles. The van der Waals surface area contributed by atoms with Crippen LogP contribution in [0.3, 0.4) is 0 Å². The molecule has 0 aliphatic carbocycles. The predicted octanol–water partition coefficient (Wildman–Crippen LogP) is 2.72. The first kappa shape index (κ1) is 13.8. The topological polar surface area (TPSA) is 47.8 Å². The average Bonchev–Trinajstić information content (AvgIpc) is 2.70. The molecule has 19 heavy (non-hydrogen) atoms. The molecule has 0 spiro atoms. The molecule has 0 amide bonds. The molecule has 2 aromatic rings. The summed E-state index contributed by atoms with van der Waals surface area (Å²) in [5.41, 5.74) is 4.11. The Morgan fingerprint density at radius 3 is 2.42 bits per heavy atom. The van der Waals surface area contributed by atoms with Crippen LogP contribution in [0.25, 0.3) is 0 Å². The minimum absolute atomic E-state index is 0.142. The smallest absolute Gasteiger partial charge is 0.186 e. The minimum Gasteiger partial charge on any atom is -0.293 e. The normalized spacial score (nSPS) is 10.7. The summed E-state index contributed by atoms with van der Waals surface area (Å²) >= 11 is 1.42. The zero-order valence-corrected chi connectivity index (χ0v) is 12.4. The lowest BCUT2D eigenvalue weighted by Crippen LogP contribution is -2.08. The molecule has 0 N–H and O–H groups in total. The number of hydrogen-bond donors (Lipinski definition) is 0. The first-order valence-electron chi connectivity index (χ1n) is 6.07. The number of Topliss-reactive ketones (excluding diaryl/α,β-unsaturated/α-hetero) is 1. The second kappa shape index (κ2) is 5.57. The van der Waals surface area contributed by atoms with Crippen molar-refractivity contribution in [3.8, 4) is 0 Å². The van der Waals surface area contributed by atoms with Gasteiger partial charge in [0.25, 0.3) is 0 Å². The van der Waals surface area contributed by atoms with Crippen LogP contribution in [0.4, 0.5) is 0 Å². The highest BCUT2D eigenvalue weighted by molar-refractivity contribution is 7.99. The summed E-state index contributed by atoms with van der Waals surface area (Å²) < 4.78 is 1.67. The van der Waals surface area contributed by atoms with Crippen molar-refractivity contribution >= 4 is 17.5 Å². The number of carbonyl (C=O) groups is 1. The maximum Gasteiger partial charge on any atom is 0.186 e. The Labute approximate surface area is 117 Å². The van der Waals surface area contributed by atoms with Gasteiger partial charge in [-0.2, -0.15) is 5.10 Å². The maximum absolute atomic E-state index is 12.3. The van der Waals surface area contributed by atoms with Gasteiger partial charge in [0.15, 0.2) is 10.9 Å². The van der Waals surface area contributed by atoms with Crippen molar-refractivity contribution in [2.45, 2.75) is 25.9 Å². The number of ketones is 1. The highest BCUT2D eigenvalue weighted by atomic mass is 32.2. The van der Waals surface area contributed by atoms with Gasteiger partial charge in [0, 0.05) is 12.6 Å². The van der Waals surface area contributed by atoms with Gasteiger partial charge in [0.2, 0.25) is 0 Å². The summed E-state index contributed by atoms with van der Waals surface area (Å²) in [6, 6.07) is 4.10. The number of hydrogen-bond acceptors (Lipinski definition) is 4. The van der Waals surface area contributed by atoms with Gasteiger partial charge < -0.3 is 0 Å². The Morgan fingerprint density at radius 2 is 1.89 bits per heavy atom. The largest absolute Gasteiger partial charge is 0.293 e. The fourth-order valence-corrected chi connectivity index (χ4v) is 3.00. The van der Waals surface area contributed by atoms with E-state index in [-0.39, 0.29) is 5.78 Å². The van der Waals surface area contributed by atoms with Crippen molar-refractivity contribution in [3.05, 3.63) is 40.7 Å². The van der Waals surface area contributed by atoms with Gasteiger partial charge in [-0.3, -0.25) is 4.79 Å². The second-order valence-electron chi connectivity index (χ2n) is 4.65. The number of benzene rings is 1. The van der Waals surface area contributed by atoms with Gasteiger partial charge in [0.1, 0.15) is 6.33 Å². The van der Waals surface area contributed by atoms with E-state index in [0.717, 1.165) is 21.8 Å². The van der Waals surface area contributed by atoms with Crippen LogP contribution in [0.15, 0.2) is 23.6 Å². The van der Waals surface area contributed by atoms with Crippen molar-refractivity contribution in [1.82, 2.24) is 14.8 Å². The van der Waals surface area contributed by atoms with Crippen LogP contribution in [0.5, 0.6) is 0 Å². The van der Waals surface area contributed by atoms with E-state index in [1.165, 1.54) is 23.7 Å². The van der Waals surface area contributed by atoms with Crippen LogP contribution in [0.2, 0.25) is 0 Å². The molecule has 5 heteroatoms. The van der Waals surface area contributed by atoms with Crippen LogP contribution >= 0.6 is 11.8 Å². The molecule has 1 heterocycles. The van der Waals surface area contributed by atoms with E-state index in [9.17, 15) is 4.79 Å². The van der Waals surface area contributed by atoms with Crippen LogP contribution in [0, 0.1) is 20.8 Å². The first-order chi connectivity index (χ1) is 8.99. The van der Waals surface area contributed by atoms with E-state index in [4.69, 9.17) is 0 Å². The average molecular weight is 275 g/mol. The summed E-state index contributed by atoms with van der Waals surface area (Å²) in [7, 11) is 1.82. The van der Waals surface area contributed by atoms with E-state index in [0.29, 0.717) is 5.75 Å². The van der Waals surface area contributed by atoms with Crippen LogP contribution < -0.4 is 0 Å². The number of aromatic nitrogens is 3. The molecule has 1 aromatic carbocycles. The fourth-order valence-electron chi connectivity index (χ4n) is 2.24. The molecular weight excluding hydrogens is 258 g/mol. The van der Waals surface area contributed by atoms with Gasteiger partial charge in [-0.25, -0.2) is 9.67 Å². The zero-order valence-electron chi connectivity index (χ0n) is 11.6. The Hall–Kier alpha value is -1.62. The van der Waals surface area contributed by atoms with Gasteiger partial charge >= 0.3 is 0 Å². The van der Waals surface area contributed by atoms with Crippen molar-refractivity contribution in [2.75, 3.05) is 5.75 Å². The van der Waals surface area contributed by atoms with Crippen LogP contribution in [-0.2, 0) is 7.05 Å². The first-order valence-corrected chi connectivity index (χ1v) is 7.05. The molecule has 0 radical (unpaired) electrons. The number of thioether (sulfide) groups is 1. The molecule has 4 nitrogen and oxygen atoms in total. The lowest BCUT2D eigenvalue weighted by atomic mass is 9.97. The molecule has 0 unspecified atom stereocenters. The van der Waals surface area contributed by atoms with Crippen LogP contribution in [-0.4, -0.2) is 26.3 Å². The van der Waals surface area contributed by atoms with E-state index < -0.39 is 0 Å². The molecule has 0 saturated carbocycles. The number of nitrogens with zero attached hydrogens (tertiary/aromatic N) is 3. The molecule has 0 atom stereocenters. The molecule has 0 aliphatic heterocycles. The Balaban J connectivity index is 2.15. The Kier molecular flexibility index (Phi) is 4.04. The summed E-state index contributed by atoms with van der Waals surface area (Å²) in [6.07, 6.45) is 1.50. The minimum atomic E-state index is 0.142. The standard InChI is InChI=1S/C14H17N3OS/c1-9-5-10(2)13(11(3)6-9)12(18)7-19-14-15-8-16-17(14)4/h5-6,8H,7H2,1-4H3. The van der Waals surface area contributed by atoms with E-state index in [2.05, 4.69) is 10.1 Å². The third-order valence-corrected chi connectivity index (χ3v) is 3.99. The van der Waals surface area contributed by atoms with Crippen molar-refractivity contribution in [2.24, 2.45) is 7.05 Å². The molecule has 0 aliphatic rings. The third-order valence-electron chi connectivity index (χ3n) is 2.96. The van der Waals surface area contributed by atoms with Gasteiger partial charge in [-0.1, -0.05) is 29.5 Å². The van der Waals surface area contributed by atoms with E-state index >= 15 is 0 Å². The van der Waals surface area contributed by atoms with E-state index in [1.807, 2.05) is 40.0 Å². The quantitative estimate of drug-likeness (QED) is 0.636. The van der Waals surface area contributed by atoms with Crippen molar-refractivity contribution < 1.29 is 4.79 Å². The molecular formula is C14H17N3OS. The van der Waals surface area contributed by atoms with Gasteiger partial charge in [0.05, 0.1) is 5.75 Å². The molecule has 100 valence electrons. The SMILES string of the molecule is Cc1cc(C)c(C(=O)CSc2ncnn2C)c(C)c1. The predicted molar refractivity (Wildman–Crippen MR) is 76.7 cm³/mol. The molecule has 0 saturated heterocycles. The zero-order chi connectivity index (χ0) is 14.0. The summed E-state index contributed by atoms with van der Waals surface area (Å²) in [6.45, 7) is 6.02. The summed E-state index contributed by atoms with van der Waals surface area (Å²) in [5.74, 6) is 0.528. The van der Waals surface area contributed by atoms with Gasteiger partial charge in [-0.15, -0.1) is 0 Å².